The molecule has 0 bridgehead atoms. The maximum atomic E-state index is 12.4. The lowest BCUT2D eigenvalue weighted by atomic mass is 10.1. The van der Waals surface area contributed by atoms with Crippen molar-refractivity contribution in [1.29, 1.82) is 0 Å². The molecule has 1 aliphatic rings. The van der Waals surface area contributed by atoms with Gasteiger partial charge in [0.15, 0.2) is 5.78 Å². The number of rotatable bonds is 4. The molecule has 2 N–H and O–H groups in total. The zero-order chi connectivity index (χ0) is 15.6. The zero-order valence-electron chi connectivity index (χ0n) is 11.7. The minimum Gasteiger partial charge on any atom is -0.327 e. The molecule has 114 valence electrons. The second kappa shape index (κ2) is 5.90. The average Bonchev–Trinajstić information content (AvgIpc) is 2.94. The molecule has 1 aromatic rings. The number of primary sulfonamides is 1. The normalized spacial score (nSPS) is 18.8. The van der Waals surface area contributed by atoms with E-state index in [0.29, 0.717) is 19.4 Å². The number of hydrogen-bond donors (Lipinski definition) is 1. The number of aromatic nitrogens is 1. The molecule has 1 aromatic heterocycles. The van der Waals surface area contributed by atoms with Crippen LogP contribution in [-0.2, 0) is 14.8 Å². The van der Waals surface area contributed by atoms with Gasteiger partial charge in [-0.05, 0) is 25.0 Å². The van der Waals surface area contributed by atoms with Crippen LogP contribution in [0.15, 0.2) is 23.2 Å². The summed E-state index contributed by atoms with van der Waals surface area (Å²) < 4.78 is 22.3. The minimum atomic E-state index is -3.83. The van der Waals surface area contributed by atoms with Crippen molar-refractivity contribution in [2.45, 2.75) is 37.1 Å². The molecule has 0 aromatic carbocycles. The van der Waals surface area contributed by atoms with Gasteiger partial charge in [-0.2, -0.15) is 0 Å². The lowest BCUT2D eigenvalue weighted by Gasteiger charge is -2.22. The molecule has 0 radical (unpaired) electrons. The Morgan fingerprint density at radius 3 is 2.67 bits per heavy atom. The number of pyridine rings is 1. The van der Waals surface area contributed by atoms with Gasteiger partial charge in [-0.1, -0.05) is 6.92 Å². The van der Waals surface area contributed by atoms with E-state index < -0.39 is 16.1 Å². The molecular formula is C13H17N3O4S. The second-order valence-electron chi connectivity index (χ2n) is 4.90. The molecule has 1 atom stereocenters. The van der Waals surface area contributed by atoms with E-state index in [2.05, 4.69) is 4.98 Å². The molecule has 8 heteroatoms. The summed E-state index contributed by atoms with van der Waals surface area (Å²) in [5.74, 6) is -0.331. The van der Waals surface area contributed by atoms with Gasteiger partial charge in [-0.3, -0.25) is 9.59 Å². The van der Waals surface area contributed by atoms with Crippen LogP contribution in [0.4, 0.5) is 0 Å². The van der Waals surface area contributed by atoms with Crippen LogP contribution in [0.3, 0.4) is 0 Å². The van der Waals surface area contributed by atoms with Gasteiger partial charge in [0.25, 0.3) is 5.91 Å². The number of Topliss-reactive ketones (excluding diaryl/α,β-unsaturated/α-hetero) is 1. The molecule has 1 amide bonds. The first-order valence-electron chi connectivity index (χ1n) is 6.67. The van der Waals surface area contributed by atoms with Crippen LogP contribution in [0, 0.1) is 0 Å². The van der Waals surface area contributed by atoms with Crippen molar-refractivity contribution in [2.75, 3.05) is 6.54 Å². The third-order valence-electron chi connectivity index (χ3n) is 3.52. The monoisotopic (exact) mass is 311 g/mol. The molecule has 2 rings (SSSR count). The fraction of sp³-hybridized carbons (Fsp3) is 0.462. The fourth-order valence-corrected chi connectivity index (χ4v) is 2.86. The molecule has 1 saturated heterocycles. The Morgan fingerprint density at radius 1 is 1.43 bits per heavy atom. The van der Waals surface area contributed by atoms with Crippen LogP contribution in [0.5, 0.6) is 0 Å². The van der Waals surface area contributed by atoms with Crippen LogP contribution >= 0.6 is 0 Å². The highest BCUT2D eigenvalue weighted by Gasteiger charge is 2.33. The predicted molar refractivity (Wildman–Crippen MR) is 75.0 cm³/mol. The largest absolute Gasteiger partial charge is 0.327 e. The highest BCUT2D eigenvalue weighted by molar-refractivity contribution is 7.89. The van der Waals surface area contributed by atoms with E-state index in [0.717, 1.165) is 12.6 Å². The van der Waals surface area contributed by atoms with Crippen molar-refractivity contribution >= 4 is 21.7 Å². The van der Waals surface area contributed by atoms with Crippen molar-refractivity contribution in [3.63, 3.8) is 0 Å². The van der Waals surface area contributed by atoms with Gasteiger partial charge in [0.05, 0.1) is 6.04 Å². The molecule has 7 nitrogen and oxygen atoms in total. The summed E-state index contributed by atoms with van der Waals surface area (Å²) in [5.41, 5.74) is 0.109. The summed E-state index contributed by atoms with van der Waals surface area (Å²) in [7, 11) is -3.83. The Hall–Kier alpha value is -1.80. The van der Waals surface area contributed by atoms with E-state index in [9.17, 15) is 18.0 Å². The first-order chi connectivity index (χ1) is 9.84. The lowest BCUT2D eigenvalue weighted by Crippen LogP contribution is -2.40. The molecule has 0 saturated carbocycles. The van der Waals surface area contributed by atoms with E-state index in [1.165, 1.54) is 17.0 Å². The Bertz CT molecular complexity index is 654. The first kappa shape index (κ1) is 15.6. The Morgan fingerprint density at radius 2 is 2.14 bits per heavy atom. The Kier molecular flexibility index (Phi) is 4.38. The lowest BCUT2D eigenvalue weighted by molar-refractivity contribution is -0.122. The standard InChI is InChI=1S/C13H17N3O4S/c1-2-12(17)11-4-3-7-16(11)13(18)10-6-5-9(8-15-10)21(14,19)20/h5-6,8,11H,2-4,7H2,1H3,(H2,14,19,20)/t11-/m1/s1. The van der Waals surface area contributed by atoms with Crippen LogP contribution < -0.4 is 5.14 Å². The maximum absolute atomic E-state index is 12.4. The third kappa shape index (κ3) is 3.27. The molecule has 1 fully saturated rings. The van der Waals surface area contributed by atoms with Gasteiger partial charge in [0.2, 0.25) is 10.0 Å². The van der Waals surface area contributed by atoms with Gasteiger partial charge in [0.1, 0.15) is 10.6 Å². The highest BCUT2D eigenvalue weighted by Crippen LogP contribution is 2.21. The summed E-state index contributed by atoms with van der Waals surface area (Å²) in [6, 6.07) is 2.15. The quantitative estimate of drug-likeness (QED) is 0.860. The van der Waals surface area contributed by atoms with E-state index in [1.807, 2.05) is 0 Å². The molecule has 21 heavy (non-hydrogen) atoms. The summed E-state index contributed by atoms with van der Waals surface area (Å²) in [6.07, 6.45) is 2.87. The molecule has 0 unspecified atom stereocenters. The summed E-state index contributed by atoms with van der Waals surface area (Å²) in [4.78, 5) is 29.4. The highest BCUT2D eigenvalue weighted by atomic mass is 32.2. The number of amides is 1. The smallest absolute Gasteiger partial charge is 0.273 e. The number of sulfonamides is 1. The number of nitrogens with two attached hydrogens (primary N) is 1. The van der Waals surface area contributed by atoms with Crippen LogP contribution in [0.2, 0.25) is 0 Å². The fourth-order valence-electron chi connectivity index (χ4n) is 2.40. The van der Waals surface area contributed by atoms with Gasteiger partial charge in [-0.15, -0.1) is 0 Å². The molecule has 1 aliphatic heterocycles. The second-order valence-corrected chi connectivity index (χ2v) is 6.46. The SMILES string of the molecule is CCC(=O)[C@H]1CCCN1C(=O)c1ccc(S(N)(=O)=O)cn1. The topological polar surface area (TPSA) is 110 Å². The number of ketones is 1. The number of carbonyl (C=O) groups is 2. The van der Waals surface area contributed by atoms with Crippen molar-refractivity contribution in [3.8, 4) is 0 Å². The van der Waals surface area contributed by atoms with Gasteiger partial charge >= 0.3 is 0 Å². The summed E-state index contributed by atoms with van der Waals surface area (Å²) in [5, 5.41) is 4.98. The van der Waals surface area contributed by atoms with Crippen molar-refractivity contribution in [3.05, 3.63) is 24.0 Å². The first-order valence-corrected chi connectivity index (χ1v) is 8.21. The molecule has 0 aliphatic carbocycles. The molecular weight excluding hydrogens is 294 g/mol. The van der Waals surface area contributed by atoms with Crippen LogP contribution in [-0.4, -0.2) is 42.6 Å². The van der Waals surface area contributed by atoms with E-state index in [1.54, 1.807) is 6.92 Å². The predicted octanol–water partition coefficient (Wildman–Crippen LogP) is 0.313. The van der Waals surface area contributed by atoms with Gasteiger partial charge < -0.3 is 4.90 Å². The maximum Gasteiger partial charge on any atom is 0.273 e. The van der Waals surface area contributed by atoms with E-state index >= 15 is 0 Å². The van der Waals surface area contributed by atoms with Crippen molar-refractivity contribution < 1.29 is 18.0 Å². The number of carbonyl (C=O) groups excluding carboxylic acids is 2. The molecule has 2 heterocycles. The van der Waals surface area contributed by atoms with E-state index in [-0.39, 0.29) is 22.3 Å². The van der Waals surface area contributed by atoms with Crippen LogP contribution in [0.25, 0.3) is 0 Å². The Labute approximate surface area is 123 Å². The third-order valence-corrected chi connectivity index (χ3v) is 4.42. The molecule has 0 spiro atoms. The average molecular weight is 311 g/mol. The van der Waals surface area contributed by atoms with Gasteiger partial charge in [0, 0.05) is 19.2 Å². The van der Waals surface area contributed by atoms with Crippen LogP contribution in [0.1, 0.15) is 36.7 Å². The zero-order valence-corrected chi connectivity index (χ0v) is 12.5. The van der Waals surface area contributed by atoms with Crippen molar-refractivity contribution in [2.24, 2.45) is 5.14 Å². The van der Waals surface area contributed by atoms with E-state index in [4.69, 9.17) is 5.14 Å². The van der Waals surface area contributed by atoms with Gasteiger partial charge in [-0.25, -0.2) is 18.5 Å². The minimum absolute atomic E-state index is 0.0296. The summed E-state index contributed by atoms with van der Waals surface area (Å²) in [6.45, 7) is 2.27. The number of nitrogens with zero attached hydrogens (tertiary/aromatic N) is 2. The van der Waals surface area contributed by atoms with Crippen molar-refractivity contribution in [1.82, 2.24) is 9.88 Å². The summed E-state index contributed by atoms with van der Waals surface area (Å²) >= 11 is 0. The number of hydrogen-bond acceptors (Lipinski definition) is 5. The number of likely N-dealkylation sites (tertiary alicyclic amines) is 1. The Balaban J connectivity index is 2.22.